The van der Waals surface area contributed by atoms with Crippen LogP contribution in [0.25, 0.3) is 16.7 Å². The maximum atomic E-state index is 12.7. The van der Waals surface area contributed by atoms with Gasteiger partial charge in [-0.2, -0.15) is 5.10 Å². The van der Waals surface area contributed by atoms with Crippen molar-refractivity contribution < 1.29 is 4.79 Å². The van der Waals surface area contributed by atoms with E-state index in [1.807, 2.05) is 60.7 Å². The van der Waals surface area contributed by atoms with E-state index in [0.717, 1.165) is 21.7 Å². The standard InChI is InChI=1S/C20H17N5O2S/c26-18(13-28-12-15-7-3-1-4-8-15)23-24-14-21-19-17(20(24)27)11-22-25(19)16-9-5-2-6-10-16/h1-11,14H,12-13H2,(H,23,26). The summed E-state index contributed by atoms with van der Waals surface area (Å²) in [5, 5.41) is 4.59. The van der Waals surface area contributed by atoms with Gasteiger partial charge in [-0.1, -0.05) is 48.5 Å². The molecule has 0 aliphatic heterocycles. The van der Waals surface area contributed by atoms with Crippen LogP contribution in [-0.4, -0.2) is 31.1 Å². The van der Waals surface area contributed by atoms with Gasteiger partial charge in [0, 0.05) is 5.75 Å². The quantitative estimate of drug-likeness (QED) is 0.546. The third kappa shape index (κ3) is 3.81. The minimum Gasteiger partial charge on any atom is -0.272 e. The van der Waals surface area contributed by atoms with Crippen molar-refractivity contribution in [3.05, 3.63) is 89.1 Å². The topological polar surface area (TPSA) is 81.8 Å². The Balaban J connectivity index is 1.46. The first-order chi connectivity index (χ1) is 13.7. The zero-order valence-corrected chi connectivity index (χ0v) is 15.7. The summed E-state index contributed by atoms with van der Waals surface area (Å²) in [4.78, 5) is 29.1. The van der Waals surface area contributed by atoms with Crippen molar-refractivity contribution in [1.29, 1.82) is 0 Å². The summed E-state index contributed by atoms with van der Waals surface area (Å²) in [5.74, 6) is 0.701. The maximum absolute atomic E-state index is 12.7. The number of aromatic nitrogens is 4. The van der Waals surface area contributed by atoms with Crippen LogP contribution in [0.3, 0.4) is 0 Å². The van der Waals surface area contributed by atoms with Gasteiger partial charge < -0.3 is 0 Å². The first-order valence-corrected chi connectivity index (χ1v) is 9.80. The van der Waals surface area contributed by atoms with Gasteiger partial charge in [0.25, 0.3) is 5.56 Å². The van der Waals surface area contributed by atoms with Crippen LogP contribution >= 0.6 is 11.8 Å². The minimum atomic E-state index is -0.367. The van der Waals surface area contributed by atoms with Crippen LogP contribution in [0.5, 0.6) is 0 Å². The molecule has 0 atom stereocenters. The van der Waals surface area contributed by atoms with Gasteiger partial charge in [0.05, 0.1) is 17.6 Å². The monoisotopic (exact) mass is 391 g/mol. The first kappa shape index (κ1) is 18.0. The number of hydrogen-bond acceptors (Lipinski definition) is 5. The molecule has 0 bridgehead atoms. The van der Waals surface area contributed by atoms with E-state index in [1.54, 1.807) is 4.68 Å². The first-order valence-electron chi connectivity index (χ1n) is 8.65. The Bertz CT molecular complexity index is 1160. The van der Waals surface area contributed by atoms with E-state index in [-0.39, 0.29) is 17.2 Å². The maximum Gasteiger partial charge on any atom is 0.283 e. The number of carbonyl (C=O) groups is 1. The number of nitrogens with zero attached hydrogens (tertiary/aromatic N) is 4. The van der Waals surface area contributed by atoms with E-state index in [1.165, 1.54) is 24.3 Å². The van der Waals surface area contributed by atoms with Crippen LogP contribution in [0.1, 0.15) is 5.56 Å². The number of amides is 1. The molecule has 0 radical (unpaired) electrons. The average Bonchev–Trinajstić information content (AvgIpc) is 3.16. The number of fused-ring (bicyclic) bond motifs is 1. The highest BCUT2D eigenvalue weighted by atomic mass is 32.2. The molecule has 0 spiro atoms. The van der Waals surface area contributed by atoms with E-state index in [4.69, 9.17) is 0 Å². The Morgan fingerprint density at radius 1 is 1.04 bits per heavy atom. The highest BCUT2D eigenvalue weighted by molar-refractivity contribution is 7.99. The van der Waals surface area contributed by atoms with Crippen molar-refractivity contribution in [2.45, 2.75) is 5.75 Å². The molecule has 0 saturated heterocycles. The van der Waals surface area contributed by atoms with Gasteiger partial charge in [0.1, 0.15) is 11.7 Å². The summed E-state index contributed by atoms with van der Waals surface area (Å²) in [6.07, 6.45) is 2.77. The fourth-order valence-electron chi connectivity index (χ4n) is 2.75. The van der Waals surface area contributed by atoms with Gasteiger partial charge >= 0.3 is 0 Å². The Kier molecular flexibility index (Phi) is 5.20. The predicted molar refractivity (Wildman–Crippen MR) is 110 cm³/mol. The van der Waals surface area contributed by atoms with Crippen molar-refractivity contribution in [3.8, 4) is 5.69 Å². The minimum absolute atomic E-state index is 0.239. The Hall–Kier alpha value is -3.39. The molecule has 4 aromatic rings. The molecule has 1 N–H and O–H groups in total. The van der Waals surface area contributed by atoms with Gasteiger partial charge in [0.2, 0.25) is 5.91 Å². The van der Waals surface area contributed by atoms with Crippen LogP contribution in [0.2, 0.25) is 0 Å². The van der Waals surface area contributed by atoms with Crippen LogP contribution in [-0.2, 0) is 10.5 Å². The molecule has 0 fully saturated rings. The second-order valence-electron chi connectivity index (χ2n) is 6.06. The SMILES string of the molecule is O=C(CSCc1ccccc1)Nn1cnc2c(cnn2-c2ccccc2)c1=O. The van der Waals surface area contributed by atoms with E-state index in [0.29, 0.717) is 11.0 Å². The van der Waals surface area contributed by atoms with Crippen molar-refractivity contribution in [2.24, 2.45) is 0 Å². The molecule has 140 valence electrons. The molecular weight excluding hydrogens is 374 g/mol. The van der Waals surface area contributed by atoms with E-state index in [2.05, 4.69) is 15.5 Å². The van der Waals surface area contributed by atoms with Gasteiger partial charge in [-0.3, -0.25) is 15.0 Å². The number of rotatable bonds is 6. The molecule has 0 saturated carbocycles. The summed E-state index contributed by atoms with van der Waals surface area (Å²) >= 11 is 1.48. The zero-order chi connectivity index (χ0) is 19.3. The van der Waals surface area contributed by atoms with Gasteiger partial charge in [0.15, 0.2) is 5.65 Å². The molecule has 7 nitrogen and oxygen atoms in total. The average molecular weight is 391 g/mol. The van der Waals surface area contributed by atoms with Gasteiger partial charge in [-0.25, -0.2) is 14.3 Å². The Labute approximate surface area is 165 Å². The van der Waals surface area contributed by atoms with Gasteiger partial charge in [-0.15, -0.1) is 11.8 Å². The molecule has 0 unspecified atom stereocenters. The summed E-state index contributed by atoms with van der Waals surface area (Å²) in [6, 6.07) is 19.3. The Morgan fingerprint density at radius 3 is 2.50 bits per heavy atom. The van der Waals surface area contributed by atoms with Gasteiger partial charge in [-0.05, 0) is 17.7 Å². The fourth-order valence-corrected chi connectivity index (χ4v) is 3.53. The summed E-state index contributed by atoms with van der Waals surface area (Å²) < 4.78 is 2.70. The number of nitrogens with one attached hydrogen (secondary N) is 1. The third-order valence-corrected chi connectivity index (χ3v) is 5.08. The zero-order valence-electron chi connectivity index (χ0n) is 14.9. The second kappa shape index (κ2) is 8.10. The molecule has 2 aromatic heterocycles. The van der Waals surface area contributed by atoms with Crippen LogP contribution in [0.15, 0.2) is 78.0 Å². The lowest BCUT2D eigenvalue weighted by atomic mass is 10.2. The highest BCUT2D eigenvalue weighted by Crippen LogP contribution is 2.13. The molecule has 28 heavy (non-hydrogen) atoms. The number of benzene rings is 2. The Morgan fingerprint density at radius 2 is 1.75 bits per heavy atom. The summed E-state index contributed by atoms with van der Waals surface area (Å²) in [5.41, 5.74) is 4.62. The molecule has 8 heteroatoms. The predicted octanol–water partition coefficient (Wildman–Crippen LogP) is 2.59. The van der Waals surface area contributed by atoms with E-state index >= 15 is 0 Å². The number of para-hydroxylation sites is 1. The summed E-state index contributed by atoms with van der Waals surface area (Å²) in [7, 11) is 0. The van der Waals surface area contributed by atoms with Crippen LogP contribution < -0.4 is 11.0 Å². The summed E-state index contributed by atoms with van der Waals surface area (Å²) in [6.45, 7) is 0. The lowest BCUT2D eigenvalue weighted by molar-refractivity contribution is -0.114. The molecule has 2 heterocycles. The molecule has 0 aliphatic carbocycles. The molecule has 2 aromatic carbocycles. The third-order valence-electron chi connectivity index (χ3n) is 4.08. The lowest BCUT2D eigenvalue weighted by Crippen LogP contribution is -2.34. The molecule has 1 amide bonds. The van der Waals surface area contributed by atoms with Crippen molar-refractivity contribution in [3.63, 3.8) is 0 Å². The lowest BCUT2D eigenvalue weighted by Gasteiger charge is -2.08. The number of thioether (sulfide) groups is 1. The second-order valence-corrected chi connectivity index (χ2v) is 7.05. The number of hydrogen-bond donors (Lipinski definition) is 1. The van der Waals surface area contributed by atoms with E-state index in [9.17, 15) is 9.59 Å². The molecule has 4 rings (SSSR count). The van der Waals surface area contributed by atoms with Crippen molar-refractivity contribution in [2.75, 3.05) is 11.2 Å². The largest absolute Gasteiger partial charge is 0.283 e. The van der Waals surface area contributed by atoms with Crippen LogP contribution in [0.4, 0.5) is 0 Å². The number of carbonyl (C=O) groups excluding carboxylic acids is 1. The normalized spacial score (nSPS) is 10.9. The smallest absolute Gasteiger partial charge is 0.272 e. The fraction of sp³-hybridized carbons (Fsp3) is 0.100. The van der Waals surface area contributed by atoms with E-state index < -0.39 is 0 Å². The molecule has 0 aliphatic rings. The highest BCUT2D eigenvalue weighted by Gasteiger charge is 2.12. The van der Waals surface area contributed by atoms with Crippen LogP contribution in [0, 0.1) is 0 Å². The van der Waals surface area contributed by atoms with Crippen molar-refractivity contribution >= 4 is 28.7 Å². The van der Waals surface area contributed by atoms with Crippen molar-refractivity contribution in [1.82, 2.24) is 19.4 Å². The molecular formula is C20H17N5O2S.